The SMILES string of the molecule is CC#CC(=O)N(c1ccc2c(n1)c(O[C@H]1CC[C@H](C(=O)O)CC1)nn2C)c1cc(C)c(I)cc1N1CCC[C@H]1C. The minimum Gasteiger partial charge on any atom is -0.481 e. The van der Waals surface area contributed by atoms with Crippen LogP contribution in [0.1, 0.15) is 57.9 Å². The van der Waals surface area contributed by atoms with Crippen LogP contribution in [0.4, 0.5) is 17.2 Å². The Kier molecular flexibility index (Phi) is 8.21. The maximum absolute atomic E-state index is 13.6. The van der Waals surface area contributed by atoms with Crippen LogP contribution >= 0.6 is 22.6 Å². The molecule has 40 heavy (non-hydrogen) atoms. The maximum atomic E-state index is 13.6. The molecule has 0 bridgehead atoms. The largest absolute Gasteiger partial charge is 0.481 e. The van der Waals surface area contributed by atoms with Crippen LogP contribution in [0.2, 0.25) is 0 Å². The number of halogens is 1. The first kappa shape index (κ1) is 28.2. The van der Waals surface area contributed by atoms with E-state index in [1.807, 2.05) is 32.2 Å². The van der Waals surface area contributed by atoms with Crippen LogP contribution in [0.15, 0.2) is 24.3 Å². The molecular formula is C30H34IN5O4. The molecule has 0 unspecified atom stereocenters. The van der Waals surface area contributed by atoms with E-state index >= 15 is 0 Å². The molecule has 0 radical (unpaired) electrons. The first-order valence-electron chi connectivity index (χ1n) is 13.7. The predicted molar refractivity (Wildman–Crippen MR) is 163 cm³/mol. The molecular weight excluding hydrogens is 621 g/mol. The summed E-state index contributed by atoms with van der Waals surface area (Å²) in [7, 11) is 1.83. The van der Waals surface area contributed by atoms with Gasteiger partial charge in [0.2, 0.25) is 0 Å². The van der Waals surface area contributed by atoms with Gasteiger partial charge in [0.25, 0.3) is 5.88 Å². The highest BCUT2D eigenvalue weighted by Gasteiger charge is 2.31. The van der Waals surface area contributed by atoms with E-state index in [0.29, 0.717) is 48.9 Å². The number of carbonyl (C=O) groups excluding carboxylic acids is 1. The highest BCUT2D eigenvalue weighted by Crippen LogP contribution is 2.41. The van der Waals surface area contributed by atoms with Gasteiger partial charge in [-0.25, -0.2) is 4.98 Å². The highest BCUT2D eigenvalue weighted by molar-refractivity contribution is 14.1. The quantitative estimate of drug-likeness (QED) is 0.274. The zero-order chi connectivity index (χ0) is 28.6. The number of rotatable bonds is 6. The minimum atomic E-state index is -0.749. The first-order valence-corrected chi connectivity index (χ1v) is 14.8. The van der Waals surface area contributed by atoms with Crippen LogP contribution in [-0.4, -0.2) is 50.4 Å². The van der Waals surface area contributed by atoms with Crippen LogP contribution in [-0.2, 0) is 16.6 Å². The highest BCUT2D eigenvalue weighted by atomic mass is 127. The average molecular weight is 656 g/mol. The van der Waals surface area contributed by atoms with Gasteiger partial charge in [0.05, 0.1) is 22.8 Å². The molecule has 1 saturated heterocycles. The fourth-order valence-corrected chi connectivity index (χ4v) is 6.19. The number of anilines is 3. The Balaban J connectivity index is 1.57. The molecule has 1 N–H and O–H groups in total. The van der Waals surface area contributed by atoms with Crippen molar-refractivity contribution in [1.29, 1.82) is 0 Å². The van der Waals surface area contributed by atoms with Crippen molar-refractivity contribution in [3.63, 3.8) is 0 Å². The van der Waals surface area contributed by atoms with Crippen LogP contribution < -0.4 is 14.5 Å². The van der Waals surface area contributed by atoms with Gasteiger partial charge in [0, 0.05) is 23.2 Å². The fraction of sp³-hybridized carbons (Fsp3) is 0.467. The number of nitrogens with zero attached hydrogens (tertiary/aromatic N) is 5. The van der Waals surface area contributed by atoms with Gasteiger partial charge < -0.3 is 14.7 Å². The molecule has 9 nitrogen and oxygen atoms in total. The van der Waals surface area contributed by atoms with E-state index in [1.165, 1.54) is 0 Å². The second kappa shape index (κ2) is 11.6. The van der Waals surface area contributed by atoms with Crippen LogP contribution in [0.5, 0.6) is 5.88 Å². The molecule has 1 saturated carbocycles. The van der Waals surface area contributed by atoms with Crippen molar-refractivity contribution in [3.05, 3.63) is 33.4 Å². The van der Waals surface area contributed by atoms with Gasteiger partial charge >= 0.3 is 11.9 Å². The third kappa shape index (κ3) is 5.48. The van der Waals surface area contributed by atoms with Gasteiger partial charge in [0.15, 0.2) is 5.52 Å². The molecule has 210 valence electrons. The Morgan fingerprint density at radius 2 is 1.93 bits per heavy atom. The normalized spacial score (nSPS) is 20.7. The molecule has 10 heteroatoms. The lowest BCUT2D eigenvalue weighted by Crippen LogP contribution is -2.31. The number of hydrogen-bond donors (Lipinski definition) is 1. The Labute approximate surface area is 248 Å². The molecule has 5 rings (SSSR count). The number of carboxylic acids is 1. The van der Waals surface area contributed by atoms with Crippen molar-refractivity contribution in [2.24, 2.45) is 13.0 Å². The third-order valence-corrected chi connectivity index (χ3v) is 9.14. The molecule has 1 aliphatic carbocycles. The number of benzene rings is 1. The number of ether oxygens (including phenoxy) is 1. The van der Waals surface area contributed by atoms with E-state index in [0.717, 1.165) is 45.4 Å². The second-order valence-corrected chi connectivity index (χ2v) is 11.8. The second-order valence-electron chi connectivity index (χ2n) is 10.7. The Morgan fingerprint density at radius 1 is 1.18 bits per heavy atom. The summed E-state index contributed by atoms with van der Waals surface area (Å²) >= 11 is 2.35. The van der Waals surface area contributed by atoms with Crippen molar-refractivity contribution in [1.82, 2.24) is 14.8 Å². The Hall–Kier alpha value is -3.33. The molecule has 1 aliphatic heterocycles. The van der Waals surface area contributed by atoms with Crippen molar-refractivity contribution in [2.75, 3.05) is 16.3 Å². The molecule has 1 aromatic carbocycles. The van der Waals surface area contributed by atoms with Gasteiger partial charge in [-0.05, 0) is 118 Å². The number of hydrogen-bond acceptors (Lipinski definition) is 6. The van der Waals surface area contributed by atoms with Crippen molar-refractivity contribution in [2.45, 2.75) is 71.4 Å². The molecule has 2 aliphatic rings. The summed E-state index contributed by atoms with van der Waals surface area (Å²) in [5.41, 5.74) is 4.15. The summed E-state index contributed by atoms with van der Waals surface area (Å²) in [6, 6.07) is 8.28. The number of aromatic nitrogens is 3. The summed E-state index contributed by atoms with van der Waals surface area (Å²) in [4.78, 5) is 33.9. The van der Waals surface area contributed by atoms with Gasteiger partial charge in [0.1, 0.15) is 11.9 Å². The lowest BCUT2D eigenvalue weighted by molar-refractivity contribution is -0.143. The number of carboxylic acid groups (broad SMARTS) is 1. The first-order chi connectivity index (χ1) is 19.2. The average Bonchev–Trinajstić information content (AvgIpc) is 3.49. The minimum absolute atomic E-state index is 0.134. The number of aliphatic carboxylic acids is 1. The molecule has 1 atom stereocenters. The Bertz CT molecular complexity index is 1520. The summed E-state index contributed by atoms with van der Waals surface area (Å²) in [6.07, 6.45) is 4.50. The van der Waals surface area contributed by atoms with E-state index in [2.05, 4.69) is 57.4 Å². The molecule has 3 aromatic rings. The molecule has 2 fully saturated rings. The van der Waals surface area contributed by atoms with Gasteiger partial charge in [-0.3, -0.25) is 19.2 Å². The van der Waals surface area contributed by atoms with Gasteiger partial charge in [-0.1, -0.05) is 5.92 Å². The molecule has 0 spiro atoms. The number of amides is 1. The molecule has 1 amide bonds. The zero-order valence-corrected chi connectivity index (χ0v) is 25.4. The van der Waals surface area contributed by atoms with E-state index in [4.69, 9.17) is 9.72 Å². The Morgan fingerprint density at radius 3 is 2.58 bits per heavy atom. The smallest absolute Gasteiger partial charge is 0.308 e. The maximum Gasteiger partial charge on any atom is 0.308 e. The third-order valence-electron chi connectivity index (χ3n) is 7.98. The summed E-state index contributed by atoms with van der Waals surface area (Å²) in [5.74, 6) is 4.89. The summed E-state index contributed by atoms with van der Waals surface area (Å²) in [5, 5.41) is 13.9. The van der Waals surface area contributed by atoms with E-state index < -0.39 is 5.97 Å². The fourth-order valence-electron chi connectivity index (χ4n) is 5.74. The number of carbonyl (C=O) groups is 2. The van der Waals surface area contributed by atoms with Gasteiger partial charge in [-0.15, -0.1) is 5.10 Å². The number of pyridine rings is 1. The van der Waals surface area contributed by atoms with E-state index in [-0.39, 0.29) is 17.9 Å². The van der Waals surface area contributed by atoms with Crippen molar-refractivity contribution >= 4 is 62.7 Å². The van der Waals surface area contributed by atoms with Crippen LogP contribution in [0.3, 0.4) is 0 Å². The standard InChI is InChI=1S/C30H34IN5O4/c1-5-7-27(37)36(25-16-18(2)22(31)17-24(25)35-15-6-8-19(35)3)26-14-13-23-28(32-26)29(33-34(23)4)40-21-11-9-20(10-12-21)30(38)39/h13-14,16-17,19-21H,6,8-12,15H2,1-4H3,(H,38,39)/t19-,20-,21-/m1/s1. The number of aryl methyl sites for hydroxylation is 2. The molecule has 3 heterocycles. The summed E-state index contributed by atoms with van der Waals surface area (Å²) in [6.45, 7) is 6.84. The summed E-state index contributed by atoms with van der Waals surface area (Å²) < 4.78 is 9.14. The van der Waals surface area contributed by atoms with E-state index in [9.17, 15) is 14.7 Å². The topological polar surface area (TPSA) is 101 Å². The van der Waals surface area contributed by atoms with Crippen LogP contribution in [0.25, 0.3) is 11.0 Å². The number of fused-ring (bicyclic) bond motifs is 1. The molecule has 2 aromatic heterocycles. The lowest BCUT2D eigenvalue weighted by atomic mass is 9.87. The van der Waals surface area contributed by atoms with E-state index in [1.54, 1.807) is 16.5 Å². The van der Waals surface area contributed by atoms with Gasteiger partial charge in [-0.2, -0.15) is 0 Å². The monoisotopic (exact) mass is 655 g/mol. The van der Waals surface area contributed by atoms with Crippen molar-refractivity contribution in [3.8, 4) is 17.7 Å². The predicted octanol–water partition coefficient (Wildman–Crippen LogP) is 5.58. The zero-order valence-electron chi connectivity index (χ0n) is 23.3. The van der Waals surface area contributed by atoms with Crippen LogP contribution in [0, 0.1) is 28.3 Å². The lowest BCUT2D eigenvalue weighted by Gasteiger charge is -2.31. The van der Waals surface area contributed by atoms with Crippen molar-refractivity contribution < 1.29 is 19.4 Å².